The summed E-state index contributed by atoms with van der Waals surface area (Å²) in [5, 5.41) is 5.70. The summed E-state index contributed by atoms with van der Waals surface area (Å²) in [7, 11) is -2.00. The van der Waals surface area contributed by atoms with Crippen molar-refractivity contribution in [2.24, 2.45) is 7.05 Å². The van der Waals surface area contributed by atoms with E-state index in [1.165, 1.54) is 6.20 Å². The van der Waals surface area contributed by atoms with Gasteiger partial charge in [-0.15, -0.1) is 0 Å². The summed E-state index contributed by atoms with van der Waals surface area (Å²) in [5.41, 5.74) is 1.64. The van der Waals surface area contributed by atoms with Gasteiger partial charge in [0, 0.05) is 54.0 Å². The number of aryl methyl sites for hydroxylation is 1. The highest BCUT2D eigenvalue weighted by Crippen LogP contribution is 2.34. The number of nitrogens with one attached hydrogen (secondary N) is 2. The van der Waals surface area contributed by atoms with Crippen molar-refractivity contribution in [1.82, 2.24) is 24.5 Å². The van der Waals surface area contributed by atoms with Crippen molar-refractivity contribution in [3.63, 3.8) is 0 Å². The Morgan fingerprint density at radius 2 is 2.11 bits per heavy atom. The number of nitrogens with zero attached hydrogens (tertiary/aromatic N) is 3. The average molecular weight is 512 g/mol. The standard InChI is InChI=1S/C25H23F2N5O3S/c1-3-9-36(34,35)31-21-8-7-19(26)22(23(21)27)24(33)17-12-29-25-16(17)10-14(11-28-25)15-5-4-6-20-18(15)13-32(2)30-20/h4-6,8,10-13,19,31H,3,7,9H2,1-2H3,(H,28,29). The number of fused-ring (bicyclic) bond motifs is 2. The van der Waals surface area contributed by atoms with Gasteiger partial charge in [0.2, 0.25) is 10.0 Å². The molecule has 5 rings (SSSR count). The molecule has 2 N–H and O–H groups in total. The second-order valence-corrected chi connectivity index (χ2v) is 10.5. The van der Waals surface area contributed by atoms with Crippen molar-refractivity contribution in [3.8, 4) is 11.1 Å². The van der Waals surface area contributed by atoms with E-state index in [0.29, 0.717) is 23.0 Å². The fourth-order valence-corrected chi connectivity index (χ4v) is 5.57. The third-order valence-electron chi connectivity index (χ3n) is 6.05. The molecule has 4 aromatic rings. The molecule has 0 bridgehead atoms. The summed E-state index contributed by atoms with van der Waals surface area (Å²) in [6.07, 6.45) is 4.09. The fourth-order valence-electron chi connectivity index (χ4n) is 4.42. The summed E-state index contributed by atoms with van der Waals surface area (Å²) in [4.78, 5) is 20.7. The number of ketones is 1. The van der Waals surface area contributed by atoms with Gasteiger partial charge in [-0.1, -0.05) is 25.1 Å². The van der Waals surface area contributed by atoms with Crippen LogP contribution in [0.15, 0.2) is 66.0 Å². The van der Waals surface area contributed by atoms with Crippen LogP contribution >= 0.6 is 0 Å². The minimum absolute atomic E-state index is 0.0446. The maximum Gasteiger partial charge on any atom is 0.232 e. The SMILES string of the molecule is CCCS(=O)(=O)NC1=CCC(F)C(C(=O)c2c[nH]c3ncc(-c4cccc5nn(C)cc45)cc23)=C1F. The zero-order chi connectivity index (χ0) is 25.6. The van der Waals surface area contributed by atoms with Gasteiger partial charge < -0.3 is 4.98 Å². The van der Waals surface area contributed by atoms with Crippen LogP contribution in [0.2, 0.25) is 0 Å². The highest BCUT2D eigenvalue weighted by Gasteiger charge is 2.33. The van der Waals surface area contributed by atoms with E-state index >= 15 is 4.39 Å². The number of allylic oxidation sites excluding steroid dienone is 3. The van der Waals surface area contributed by atoms with Gasteiger partial charge in [-0.05, 0) is 24.1 Å². The number of H-pyrrole nitrogens is 1. The van der Waals surface area contributed by atoms with E-state index in [-0.39, 0.29) is 17.7 Å². The van der Waals surface area contributed by atoms with Gasteiger partial charge in [-0.25, -0.2) is 22.2 Å². The number of rotatable bonds is 7. The maximum absolute atomic E-state index is 15.3. The van der Waals surface area contributed by atoms with Crippen LogP contribution in [-0.2, 0) is 17.1 Å². The molecule has 186 valence electrons. The minimum atomic E-state index is -3.82. The second-order valence-electron chi connectivity index (χ2n) is 8.66. The van der Waals surface area contributed by atoms with E-state index in [9.17, 15) is 17.6 Å². The lowest BCUT2D eigenvalue weighted by Gasteiger charge is -2.20. The molecular formula is C25H23F2N5O3S. The Balaban J connectivity index is 1.57. The maximum atomic E-state index is 15.3. The van der Waals surface area contributed by atoms with Crippen LogP contribution < -0.4 is 4.72 Å². The van der Waals surface area contributed by atoms with Crippen molar-refractivity contribution in [2.75, 3.05) is 5.75 Å². The number of halogens is 2. The number of hydrogen-bond donors (Lipinski definition) is 2. The molecule has 0 saturated heterocycles. The van der Waals surface area contributed by atoms with Crippen LogP contribution in [0, 0.1) is 0 Å². The van der Waals surface area contributed by atoms with E-state index in [0.717, 1.165) is 22.5 Å². The van der Waals surface area contributed by atoms with Crippen molar-refractivity contribution in [2.45, 2.75) is 25.9 Å². The summed E-state index contributed by atoms with van der Waals surface area (Å²) in [5.74, 6) is -2.30. The number of aromatic nitrogens is 4. The van der Waals surface area contributed by atoms with E-state index in [4.69, 9.17) is 0 Å². The number of Topliss-reactive ketones (excluding diaryl/α,β-unsaturated/α-hetero) is 1. The van der Waals surface area contributed by atoms with Gasteiger partial charge in [0.15, 0.2) is 11.6 Å². The van der Waals surface area contributed by atoms with Crippen molar-refractivity contribution in [1.29, 1.82) is 0 Å². The Hall–Kier alpha value is -3.86. The third-order valence-corrected chi connectivity index (χ3v) is 7.53. The molecule has 1 atom stereocenters. The van der Waals surface area contributed by atoms with E-state index < -0.39 is 39.1 Å². The van der Waals surface area contributed by atoms with E-state index in [1.807, 2.05) is 31.4 Å². The molecule has 0 saturated carbocycles. The number of alkyl halides is 1. The minimum Gasteiger partial charge on any atom is -0.345 e. The van der Waals surface area contributed by atoms with Crippen LogP contribution in [0.4, 0.5) is 8.78 Å². The summed E-state index contributed by atoms with van der Waals surface area (Å²) in [6, 6.07) is 7.39. The first-order valence-electron chi connectivity index (χ1n) is 11.4. The van der Waals surface area contributed by atoms with Gasteiger partial charge in [0.05, 0.1) is 22.5 Å². The van der Waals surface area contributed by atoms with Gasteiger partial charge in [-0.2, -0.15) is 5.10 Å². The Labute approximate surface area is 205 Å². The molecule has 1 aromatic carbocycles. The summed E-state index contributed by atoms with van der Waals surface area (Å²) >= 11 is 0. The van der Waals surface area contributed by atoms with Gasteiger partial charge in [0.1, 0.15) is 11.8 Å². The predicted molar refractivity (Wildman–Crippen MR) is 133 cm³/mol. The molecule has 0 fully saturated rings. The van der Waals surface area contributed by atoms with Crippen molar-refractivity contribution < 1.29 is 22.0 Å². The van der Waals surface area contributed by atoms with Gasteiger partial charge >= 0.3 is 0 Å². The number of benzene rings is 1. The summed E-state index contributed by atoms with van der Waals surface area (Å²) in [6.45, 7) is 1.67. The Morgan fingerprint density at radius 3 is 2.89 bits per heavy atom. The van der Waals surface area contributed by atoms with Crippen LogP contribution in [0.25, 0.3) is 33.1 Å². The Kier molecular flexibility index (Phi) is 5.95. The lowest BCUT2D eigenvalue weighted by Crippen LogP contribution is -2.30. The molecule has 36 heavy (non-hydrogen) atoms. The molecule has 3 aromatic heterocycles. The largest absolute Gasteiger partial charge is 0.345 e. The molecule has 0 radical (unpaired) electrons. The van der Waals surface area contributed by atoms with E-state index in [2.05, 4.69) is 19.8 Å². The van der Waals surface area contributed by atoms with Crippen molar-refractivity contribution >= 4 is 37.7 Å². The highest BCUT2D eigenvalue weighted by atomic mass is 32.2. The molecule has 1 unspecified atom stereocenters. The molecule has 0 amide bonds. The first kappa shape index (κ1) is 23.9. The topological polar surface area (TPSA) is 110 Å². The molecule has 1 aliphatic rings. The Morgan fingerprint density at radius 1 is 1.31 bits per heavy atom. The zero-order valence-corrected chi connectivity index (χ0v) is 20.4. The first-order chi connectivity index (χ1) is 17.2. The van der Waals surface area contributed by atoms with Crippen LogP contribution in [0.1, 0.15) is 30.1 Å². The lowest BCUT2D eigenvalue weighted by molar-refractivity contribution is 0.101. The first-order valence-corrected chi connectivity index (χ1v) is 13.0. The number of aromatic amines is 1. The average Bonchev–Trinajstić information content (AvgIpc) is 3.42. The Bertz CT molecular complexity index is 1680. The van der Waals surface area contributed by atoms with Crippen LogP contribution in [-0.4, -0.2) is 45.9 Å². The van der Waals surface area contributed by atoms with Crippen molar-refractivity contribution in [3.05, 3.63) is 71.6 Å². The molecule has 3 heterocycles. The third kappa shape index (κ3) is 4.19. The predicted octanol–water partition coefficient (Wildman–Crippen LogP) is 4.48. The monoisotopic (exact) mass is 511 g/mol. The van der Waals surface area contributed by atoms with E-state index in [1.54, 1.807) is 23.9 Å². The second kappa shape index (κ2) is 8.98. The molecule has 0 aliphatic heterocycles. The quantitative estimate of drug-likeness (QED) is 0.356. The highest BCUT2D eigenvalue weighted by molar-refractivity contribution is 7.89. The van der Waals surface area contributed by atoms with Gasteiger partial charge in [0.25, 0.3) is 0 Å². The molecule has 1 aliphatic carbocycles. The number of carbonyl (C=O) groups is 1. The van der Waals surface area contributed by atoms with Gasteiger partial charge in [-0.3, -0.25) is 14.2 Å². The van der Waals surface area contributed by atoms with Crippen LogP contribution in [0.3, 0.4) is 0 Å². The smallest absolute Gasteiger partial charge is 0.232 e. The summed E-state index contributed by atoms with van der Waals surface area (Å²) < 4.78 is 58.2. The van der Waals surface area contributed by atoms with Crippen LogP contribution in [0.5, 0.6) is 0 Å². The molecular weight excluding hydrogens is 488 g/mol. The number of carbonyl (C=O) groups excluding carboxylic acids is 1. The zero-order valence-electron chi connectivity index (χ0n) is 19.5. The fraction of sp³-hybridized carbons (Fsp3) is 0.240. The number of hydrogen-bond acceptors (Lipinski definition) is 5. The molecule has 11 heteroatoms. The number of pyridine rings is 1. The number of sulfonamides is 1. The molecule has 8 nitrogen and oxygen atoms in total. The normalized spacial score (nSPS) is 16.6. The lowest BCUT2D eigenvalue weighted by atomic mass is 9.92. The molecule has 0 spiro atoms.